The Balaban J connectivity index is 1.57. The Morgan fingerprint density at radius 2 is 1.93 bits per heavy atom. The Bertz CT molecular complexity index is 800. The molecule has 7 nitrogen and oxygen atoms in total. The van der Waals surface area contributed by atoms with Crippen LogP contribution in [0.4, 0.5) is 0 Å². The second-order valence-electron chi connectivity index (χ2n) is 6.22. The zero-order valence-electron chi connectivity index (χ0n) is 15.1. The second kappa shape index (κ2) is 9.36. The quantitative estimate of drug-likeness (QED) is 0.555. The minimum atomic E-state index is -0.193. The van der Waals surface area contributed by atoms with Gasteiger partial charge in [-0.3, -0.25) is 14.2 Å². The molecule has 2 amide bonds. The fourth-order valence-corrected chi connectivity index (χ4v) is 3.70. The van der Waals surface area contributed by atoms with Gasteiger partial charge >= 0.3 is 0 Å². The molecule has 0 bridgehead atoms. The number of amides is 2. The van der Waals surface area contributed by atoms with E-state index in [9.17, 15) is 9.59 Å². The summed E-state index contributed by atoms with van der Waals surface area (Å²) in [5.41, 5.74) is 0.958. The van der Waals surface area contributed by atoms with Gasteiger partial charge in [0.2, 0.25) is 11.8 Å². The van der Waals surface area contributed by atoms with Crippen molar-refractivity contribution in [2.45, 2.75) is 24.5 Å². The van der Waals surface area contributed by atoms with Crippen molar-refractivity contribution in [3.8, 4) is 11.4 Å². The van der Waals surface area contributed by atoms with E-state index in [1.807, 2.05) is 34.9 Å². The van der Waals surface area contributed by atoms with Crippen molar-refractivity contribution < 1.29 is 9.59 Å². The SMILES string of the molecule is C=CCn1c(SCC(=O)NCC(=O)N2CCCC2)nnc1-c1ccccc1. The molecule has 2 aromatic rings. The monoisotopic (exact) mass is 385 g/mol. The van der Waals surface area contributed by atoms with Gasteiger partial charge in [-0.25, -0.2) is 0 Å². The zero-order chi connectivity index (χ0) is 19.1. The number of nitrogens with zero attached hydrogens (tertiary/aromatic N) is 4. The van der Waals surface area contributed by atoms with Crippen molar-refractivity contribution in [3.63, 3.8) is 0 Å². The van der Waals surface area contributed by atoms with Crippen LogP contribution in [0.5, 0.6) is 0 Å². The van der Waals surface area contributed by atoms with E-state index in [1.165, 1.54) is 11.8 Å². The third kappa shape index (κ3) is 4.97. The molecule has 3 rings (SSSR count). The Morgan fingerprint density at radius 3 is 2.63 bits per heavy atom. The molecular weight excluding hydrogens is 362 g/mol. The van der Waals surface area contributed by atoms with Crippen molar-refractivity contribution in [2.75, 3.05) is 25.4 Å². The number of carbonyl (C=O) groups excluding carboxylic acids is 2. The highest BCUT2D eigenvalue weighted by molar-refractivity contribution is 7.99. The van der Waals surface area contributed by atoms with E-state index in [0.717, 1.165) is 37.3 Å². The van der Waals surface area contributed by atoms with Crippen LogP contribution in [0.15, 0.2) is 48.1 Å². The highest BCUT2D eigenvalue weighted by atomic mass is 32.2. The average molecular weight is 385 g/mol. The van der Waals surface area contributed by atoms with Crippen LogP contribution >= 0.6 is 11.8 Å². The molecule has 1 aliphatic heterocycles. The van der Waals surface area contributed by atoms with E-state index < -0.39 is 0 Å². The van der Waals surface area contributed by atoms with Gasteiger partial charge in [0, 0.05) is 25.2 Å². The first kappa shape index (κ1) is 19.2. The normalized spacial score (nSPS) is 13.6. The van der Waals surface area contributed by atoms with Crippen LogP contribution in [0, 0.1) is 0 Å². The Hall–Kier alpha value is -2.61. The van der Waals surface area contributed by atoms with Gasteiger partial charge in [0.1, 0.15) is 0 Å². The van der Waals surface area contributed by atoms with Crippen molar-refractivity contribution in [2.24, 2.45) is 0 Å². The largest absolute Gasteiger partial charge is 0.346 e. The summed E-state index contributed by atoms with van der Waals surface area (Å²) < 4.78 is 1.93. The van der Waals surface area contributed by atoms with Gasteiger partial charge < -0.3 is 10.2 Å². The zero-order valence-corrected chi connectivity index (χ0v) is 16.0. The van der Waals surface area contributed by atoms with Crippen LogP contribution in [-0.4, -0.2) is 56.9 Å². The van der Waals surface area contributed by atoms with Crippen LogP contribution in [-0.2, 0) is 16.1 Å². The Labute approximate surface area is 162 Å². The first-order valence-electron chi connectivity index (χ1n) is 8.96. The molecule has 0 unspecified atom stereocenters. The lowest BCUT2D eigenvalue weighted by Gasteiger charge is -2.15. The van der Waals surface area contributed by atoms with Gasteiger partial charge in [0.05, 0.1) is 12.3 Å². The summed E-state index contributed by atoms with van der Waals surface area (Å²) in [6.45, 7) is 5.96. The Kier molecular flexibility index (Phi) is 6.64. The number of hydrogen-bond acceptors (Lipinski definition) is 5. The van der Waals surface area contributed by atoms with E-state index in [0.29, 0.717) is 11.7 Å². The summed E-state index contributed by atoms with van der Waals surface area (Å²) in [4.78, 5) is 25.9. The maximum Gasteiger partial charge on any atom is 0.241 e. The minimum absolute atomic E-state index is 0.0213. The molecule has 1 aromatic carbocycles. The van der Waals surface area contributed by atoms with Crippen molar-refractivity contribution >= 4 is 23.6 Å². The molecule has 0 radical (unpaired) electrons. The van der Waals surface area contributed by atoms with E-state index >= 15 is 0 Å². The lowest BCUT2D eigenvalue weighted by atomic mass is 10.2. The molecule has 2 heterocycles. The molecule has 142 valence electrons. The van der Waals surface area contributed by atoms with E-state index in [1.54, 1.807) is 11.0 Å². The molecule has 8 heteroatoms. The first-order valence-corrected chi connectivity index (χ1v) is 9.94. The van der Waals surface area contributed by atoms with Gasteiger partial charge in [0.15, 0.2) is 11.0 Å². The van der Waals surface area contributed by atoms with Crippen molar-refractivity contribution in [1.29, 1.82) is 0 Å². The highest BCUT2D eigenvalue weighted by Crippen LogP contribution is 2.23. The number of aromatic nitrogens is 3. The highest BCUT2D eigenvalue weighted by Gasteiger charge is 2.19. The number of likely N-dealkylation sites (tertiary alicyclic amines) is 1. The van der Waals surface area contributed by atoms with Crippen LogP contribution in [0.1, 0.15) is 12.8 Å². The van der Waals surface area contributed by atoms with Crippen LogP contribution in [0.2, 0.25) is 0 Å². The third-order valence-corrected chi connectivity index (χ3v) is 5.26. The standard InChI is InChI=1S/C19H23N5O2S/c1-2-10-24-18(15-8-4-3-5-9-15)21-22-19(24)27-14-16(25)20-13-17(26)23-11-6-7-12-23/h2-5,8-9H,1,6-7,10-14H2,(H,20,25). The van der Waals surface area contributed by atoms with Crippen LogP contribution < -0.4 is 5.32 Å². The number of nitrogens with one attached hydrogen (secondary N) is 1. The first-order chi connectivity index (χ1) is 13.2. The van der Waals surface area contributed by atoms with Gasteiger partial charge in [-0.15, -0.1) is 16.8 Å². The van der Waals surface area contributed by atoms with Crippen LogP contribution in [0.3, 0.4) is 0 Å². The molecular formula is C19H23N5O2S. The molecule has 0 aliphatic carbocycles. The number of thioether (sulfide) groups is 1. The molecule has 1 aliphatic rings. The molecule has 0 spiro atoms. The fraction of sp³-hybridized carbons (Fsp3) is 0.368. The van der Waals surface area contributed by atoms with Crippen LogP contribution in [0.25, 0.3) is 11.4 Å². The average Bonchev–Trinajstić information content (AvgIpc) is 3.36. The van der Waals surface area contributed by atoms with Gasteiger partial charge in [-0.2, -0.15) is 0 Å². The lowest BCUT2D eigenvalue weighted by Crippen LogP contribution is -2.39. The topological polar surface area (TPSA) is 80.1 Å². The maximum atomic E-state index is 12.1. The van der Waals surface area contributed by atoms with Gasteiger partial charge in [0.25, 0.3) is 0 Å². The predicted octanol–water partition coefficient (Wildman–Crippen LogP) is 1.96. The fourth-order valence-electron chi connectivity index (χ4n) is 2.92. The molecule has 0 atom stereocenters. The summed E-state index contributed by atoms with van der Waals surface area (Å²) in [5.74, 6) is 0.703. The number of allylic oxidation sites excluding steroid dienone is 1. The third-order valence-electron chi connectivity index (χ3n) is 4.29. The number of rotatable bonds is 8. The van der Waals surface area contributed by atoms with E-state index in [4.69, 9.17) is 0 Å². The smallest absolute Gasteiger partial charge is 0.241 e. The maximum absolute atomic E-state index is 12.1. The van der Waals surface area contributed by atoms with E-state index in [2.05, 4.69) is 22.1 Å². The Morgan fingerprint density at radius 1 is 1.19 bits per heavy atom. The summed E-state index contributed by atoms with van der Waals surface area (Å²) in [7, 11) is 0. The predicted molar refractivity (Wildman–Crippen MR) is 105 cm³/mol. The molecule has 0 saturated carbocycles. The van der Waals surface area contributed by atoms with Crippen molar-refractivity contribution in [3.05, 3.63) is 43.0 Å². The summed E-state index contributed by atoms with van der Waals surface area (Å²) in [6, 6.07) is 9.77. The van der Waals surface area contributed by atoms with Gasteiger partial charge in [-0.1, -0.05) is 48.2 Å². The molecule has 27 heavy (non-hydrogen) atoms. The molecule has 1 N–H and O–H groups in total. The number of hydrogen-bond donors (Lipinski definition) is 1. The summed E-state index contributed by atoms with van der Waals surface area (Å²) in [6.07, 6.45) is 3.85. The number of carbonyl (C=O) groups is 2. The summed E-state index contributed by atoms with van der Waals surface area (Å²) in [5, 5.41) is 11.8. The molecule has 1 saturated heterocycles. The van der Waals surface area contributed by atoms with Gasteiger partial charge in [-0.05, 0) is 12.8 Å². The lowest BCUT2D eigenvalue weighted by molar-refractivity contribution is -0.131. The molecule has 1 fully saturated rings. The van der Waals surface area contributed by atoms with Crippen molar-refractivity contribution in [1.82, 2.24) is 25.0 Å². The molecule has 1 aromatic heterocycles. The van der Waals surface area contributed by atoms with E-state index in [-0.39, 0.29) is 24.1 Å². The summed E-state index contributed by atoms with van der Waals surface area (Å²) >= 11 is 1.30. The second-order valence-corrected chi connectivity index (χ2v) is 7.17. The number of benzene rings is 1. The minimum Gasteiger partial charge on any atom is -0.346 e.